The molecule has 2 aromatic rings. The van der Waals surface area contributed by atoms with Gasteiger partial charge in [-0.05, 0) is 31.5 Å². The summed E-state index contributed by atoms with van der Waals surface area (Å²) >= 11 is 0. The first-order chi connectivity index (χ1) is 13.6. The number of benzene rings is 1. The Bertz CT molecular complexity index is 788. The molecule has 0 saturated carbocycles. The summed E-state index contributed by atoms with van der Waals surface area (Å²) in [5.41, 5.74) is 1.25. The molecule has 160 valence electrons. The third-order valence-electron chi connectivity index (χ3n) is 4.80. The first-order valence-corrected chi connectivity index (χ1v) is 9.95. The van der Waals surface area contributed by atoms with Gasteiger partial charge in [0.15, 0.2) is 5.96 Å². The van der Waals surface area contributed by atoms with E-state index in [1.165, 1.54) is 0 Å². The normalized spacial score (nSPS) is 17.4. The molecule has 1 saturated heterocycles. The summed E-state index contributed by atoms with van der Waals surface area (Å²) in [6.07, 6.45) is 1.82. The van der Waals surface area contributed by atoms with Gasteiger partial charge in [0, 0.05) is 44.3 Å². The highest BCUT2D eigenvalue weighted by Gasteiger charge is 2.25. The Balaban J connectivity index is 0.00000300. The number of morpholine rings is 1. The van der Waals surface area contributed by atoms with Crippen molar-refractivity contribution >= 4 is 40.8 Å². The predicted molar refractivity (Wildman–Crippen MR) is 128 cm³/mol. The number of guanidine groups is 1. The Morgan fingerprint density at radius 1 is 1.24 bits per heavy atom. The molecule has 3 rings (SSSR count). The van der Waals surface area contributed by atoms with Crippen molar-refractivity contribution < 1.29 is 9.84 Å². The van der Waals surface area contributed by atoms with Gasteiger partial charge in [-0.1, -0.05) is 18.2 Å². The summed E-state index contributed by atoms with van der Waals surface area (Å²) in [4.78, 5) is 11.3. The average molecular weight is 513 g/mol. The number of ether oxygens (including phenoxy) is 1. The van der Waals surface area contributed by atoms with Crippen LogP contribution in [0.15, 0.2) is 41.5 Å². The van der Waals surface area contributed by atoms with Crippen LogP contribution >= 0.6 is 24.0 Å². The maximum absolute atomic E-state index is 10.8. The lowest BCUT2D eigenvalue weighted by Crippen LogP contribution is -2.52. The van der Waals surface area contributed by atoms with Crippen molar-refractivity contribution in [2.24, 2.45) is 4.99 Å². The van der Waals surface area contributed by atoms with Gasteiger partial charge in [-0.15, -0.1) is 24.0 Å². The summed E-state index contributed by atoms with van der Waals surface area (Å²) in [7, 11) is 0. The zero-order chi connectivity index (χ0) is 19.8. The number of para-hydroxylation sites is 1. The number of nitrogens with one attached hydrogen (secondary N) is 2. The zero-order valence-corrected chi connectivity index (χ0v) is 19.6. The molecule has 7 nitrogen and oxygen atoms in total. The van der Waals surface area contributed by atoms with E-state index >= 15 is 0 Å². The predicted octanol–water partition coefficient (Wildman–Crippen LogP) is 1.99. The molecule has 1 atom stereocenters. The van der Waals surface area contributed by atoms with E-state index < -0.39 is 5.60 Å². The van der Waals surface area contributed by atoms with Crippen LogP contribution in [-0.4, -0.2) is 72.5 Å². The summed E-state index contributed by atoms with van der Waals surface area (Å²) < 4.78 is 5.38. The van der Waals surface area contributed by atoms with Gasteiger partial charge in [0.1, 0.15) is 0 Å². The summed E-state index contributed by atoms with van der Waals surface area (Å²) in [6.45, 7) is 9.41. The van der Waals surface area contributed by atoms with Crippen molar-refractivity contribution in [2.75, 3.05) is 45.9 Å². The number of aromatic nitrogens is 1. The fourth-order valence-corrected chi connectivity index (χ4v) is 3.37. The van der Waals surface area contributed by atoms with Gasteiger partial charge >= 0.3 is 0 Å². The molecule has 1 aromatic heterocycles. The molecule has 1 aliphatic rings. The van der Waals surface area contributed by atoms with Gasteiger partial charge in [-0.2, -0.15) is 0 Å². The van der Waals surface area contributed by atoms with E-state index in [2.05, 4.69) is 26.6 Å². The molecule has 1 aliphatic heterocycles. The molecule has 1 unspecified atom stereocenters. The number of pyridine rings is 1. The SMILES string of the molecule is CCNC(=NCc1ccnc2ccccc12)NCC(C)(O)CN1CCOCC1.I. The lowest BCUT2D eigenvalue weighted by molar-refractivity contribution is -0.0201. The molecule has 0 bridgehead atoms. The Hall–Kier alpha value is -1.49. The van der Waals surface area contributed by atoms with Crippen molar-refractivity contribution in [1.29, 1.82) is 0 Å². The standard InChI is InChI=1S/C21H31N5O2.HI/c1-3-22-20(25-15-21(2,27)16-26-10-12-28-13-11-26)24-14-17-8-9-23-19-7-5-4-6-18(17)19;/h4-9,27H,3,10-16H2,1-2H3,(H2,22,24,25);1H. The van der Waals surface area contributed by atoms with Gasteiger partial charge in [-0.3, -0.25) is 9.88 Å². The van der Waals surface area contributed by atoms with E-state index in [1.807, 2.05) is 44.3 Å². The van der Waals surface area contributed by atoms with E-state index in [0.29, 0.717) is 25.6 Å². The maximum Gasteiger partial charge on any atom is 0.191 e. The average Bonchev–Trinajstić information content (AvgIpc) is 2.70. The Morgan fingerprint density at radius 2 is 2.00 bits per heavy atom. The number of aliphatic imine (C=N–C) groups is 1. The Kier molecular flexibility index (Phi) is 9.54. The van der Waals surface area contributed by atoms with Crippen LogP contribution in [0.1, 0.15) is 19.4 Å². The molecule has 1 fully saturated rings. The van der Waals surface area contributed by atoms with Crippen molar-refractivity contribution in [3.05, 3.63) is 42.1 Å². The Morgan fingerprint density at radius 3 is 2.76 bits per heavy atom. The summed E-state index contributed by atoms with van der Waals surface area (Å²) in [5.74, 6) is 0.700. The number of β-amino-alcohol motifs (C(OH)–C–C–N with tert-alkyl or cyclic N) is 1. The van der Waals surface area contributed by atoms with Gasteiger partial charge < -0.3 is 20.5 Å². The monoisotopic (exact) mass is 513 g/mol. The molecule has 29 heavy (non-hydrogen) atoms. The summed E-state index contributed by atoms with van der Waals surface area (Å²) in [6, 6.07) is 10.1. The lowest BCUT2D eigenvalue weighted by atomic mass is 10.1. The quantitative estimate of drug-likeness (QED) is 0.299. The fourth-order valence-electron chi connectivity index (χ4n) is 3.37. The highest BCUT2D eigenvalue weighted by molar-refractivity contribution is 14.0. The minimum absolute atomic E-state index is 0. The van der Waals surface area contributed by atoms with Crippen LogP contribution in [0.25, 0.3) is 10.9 Å². The van der Waals surface area contributed by atoms with Crippen molar-refractivity contribution in [1.82, 2.24) is 20.5 Å². The molecule has 0 aliphatic carbocycles. The smallest absolute Gasteiger partial charge is 0.191 e. The second-order valence-electron chi connectivity index (χ2n) is 7.42. The third-order valence-corrected chi connectivity index (χ3v) is 4.80. The van der Waals surface area contributed by atoms with E-state index in [9.17, 15) is 5.11 Å². The van der Waals surface area contributed by atoms with Gasteiger partial charge in [0.05, 0.1) is 30.9 Å². The topological polar surface area (TPSA) is 82.0 Å². The number of hydrogen-bond donors (Lipinski definition) is 3. The van der Waals surface area contributed by atoms with E-state index in [0.717, 1.165) is 49.3 Å². The van der Waals surface area contributed by atoms with Crippen molar-refractivity contribution in [3.8, 4) is 0 Å². The highest BCUT2D eigenvalue weighted by Crippen LogP contribution is 2.16. The summed E-state index contributed by atoms with van der Waals surface area (Å²) in [5, 5.41) is 18.4. The molecular formula is C21H32IN5O2. The number of nitrogens with zero attached hydrogens (tertiary/aromatic N) is 3. The number of fused-ring (bicyclic) bond motifs is 1. The van der Waals surface area contributed by atoms with Crippen LogP contribution in [0, 0.1) is 0 Å². The number of rotatable bonds is 7. The van der Waals surface area contributed by atoms with Crippen LogP contribution in [-0.2, 0) is 11.3 Å². The van der Waals surface area contributed by atoms with Crippen LogP contribution in [0.2, 0.25) is 0 Å². The molecule has 8 heteroatoms. The molecule has 0 spiro atoms. The molecule has 3 N–H and O–H groups in total. The fraction of sp³-hybridized carbons (Fsp3) is 0.524. The highest BCUT2D eigenvalue weighted by atomic mass is 127. The number of halogens is 1. The van der Waals surface area contributed by atoms with E-state index in [-0.39, 0.29) is 24.0 Å². The second-order valence-corrected chi connectivity index (χ2v) is 7.42. The molecule has 2 heterocycles. The lowest BCUT2D eigenvalue weighted by Gasteiger charge is -2.34. The van der Waals surface area contributed by atoms with Crippen molar-refractivity contribution in [2.45, 2.75) is 26.0 Å². The molecular weight excluding hydrogens is 481 g/mol. The van der Waals surface area contributed by atoms with Crippen LogP contribution in [0.4, 0.5) is 0 Å². The van der Waals surface area contributed by atoms with Gasteiger partial charge in [0.2, 0.25) is 0 Å². The number of aliphatic hydroxyl groups is 1. The Labute approximate surface area is 190 Å². The molecule has 1 aromatic carbocycles. The third kappa shape index (κ3) is 7.36. The van der Waals surface area contributed by atoms with E-state index in [1.54, 1.807) is 0 Å². The minimum atomic E-state index is -0.850. The van der Waals surface area contributed by atoms with Gasteiger partial charge in [-0.25, -0.2) is 4.99 Å². The largest absolute Gasteiger partial charge is 0.387 e. The number of hydrogen-bond acceptors (Lipinski definition) is 5. The molecule has 0 radical (unpaired) electrons. The molecule has 0 amide bonds. The van der Waals surface area contributed by atoms with Crippen molar-refractivity contribution in [3.63, 3.8) is 0 Å². The van der Waals surface area contributed by atoms with Crippen LogP contribution in [0.3, 0.4) is 0 Å². The van der Waals surface area contributed by atoms with Crippen LogP contribution < -0.4 is 10.6 Å². The first-order valence-electron chi connectivity index (χ1n) is 9.95. The first kappa shape index (κ1) is 23.8. The van der Waals surface area contributed by atoms with Crippen LogP contribution in [0.5, 0.6) is 0 Å². The van der Waals surface area contributed by atoms with Gasteiger partial charge in [0.25, 0.3) is 0 Å². The minimum Gasteiger partial charge on any atom is -0.387 e. The maximum atomic E-state index is 10.8. The second kappa shape index (κ2) is 11.6. The van der Waals surface area contributed by atoms with E-state index in [4.69, 9.17) is 9.73 Å². The zero-order valence-electron chi connectivity index (χ0n) is 17.2.